The normalized spacial score (nSPS) is 37.6. The molecule has 0 bridgehead atoms. The van der Waals surface area contributed by atoms with Gasteiger partial charge in [0.1, 0.15) is 12.0 Å². The van der Waals surface area contributed by atoms with Crippen LogP contribution in [0.3, 0.4) is 0 Å². The van der Waals surface area contributed by atoms with Gasteiger partial charge < -0.3 is 28.8 Å². The molecule has 1 saturated heterocycles. The van der Waals surface area contributed by atoms with E-state index in [1.165, 1.54) is 26.4 Å². The van der Waals surface area contributed by atoms with Crippen molar-refractivity contribution >= 4 is 29.3 Å². The largest absolute Gasteiger partial charge is 0.504 e. The second-order valence-corrected chi connectivity index (χ2v) is 9.80. The monoisotopic (exact) mass is 496 g/mol. The number of ketones is 1. The van der Waals surface area contributed by atoms with Crippen molar-refractivity contribution in [1.29, 1.82) is 0 Å². The molecule has 0 aromatic carbocycles. The maximum atomic E-state index is 13.8. The van der Waals surface area contributed by atoms with E-state index < -0.39 is 64.8 Å². The van der Waals surface area contributed by atoms with E-state index in [2.05, 4.69) is 0 Å². The van der Waals surface area contributed by atoms with Crippen molar-refractivity contribution in [3.63, 3.8) is 0 Å². The minimum Gasteiger partial charge on any atom is -0.504 e. The van der Waals surface area contributed by atoms with Gasteiger partial charge in [0.05, 0.1) is 35.5 Å². The van der Waals surface area contributed by atoms with E-state index in [4.69, 9.17) is 30.2 Å². The Morgan fingerprint density at radius 1 is 1.29 bits per heavy atom. The molecule has 1 saturated carbocycles. The standard InChI is InChI=1S/C24H29ClO9/c1-13-19(28)20(29)24(12-32-14(2)26)18(5-4-7-22(24,30)11-25)23(13)9-17(16-6-8-31-10-16)34-21(23)33-15(3)27/h6,8,10,17-18,21,28,30H,4-5,7,9,11-12H2,1-3H3. The Morgan fingerprint density at radius 2 is 2.03 bits per heavy atom. The summed E-state index contributed by atoms with van der Waals surface area (Å²) in [6.45, 7) is 3.58. The van der Waals surface area contributed by atoms with Crippen LogP contribution in [0.1, 0.15) is 58.1 Å². The van der Waals surface area contributed by atoms with Crippen LogP contribution >= 0.6 is 11.6 Å². The number of allylic oxidation sites excluding steroid dienone is 1. The van der Waals surface area contributed by atoms with E-state index in [1.807, 2.05) is 0 Å². The van der Waals surface area contributed by atoms with Gasteiger partial charge >= 0.3 is 11.9 Å². The topological polar surface area (TPSA) is 132 Å². The van der Waals surface area contributed by atoms with Crippen LogP contribution in [0.15, 0.2) is 34.3 Å². The number of alkyl halides is 1. The van der Waals surface area contributed by atoms with Crippen LogP contribution < -0.4 is 0 Å². The number of rotatable bonds is 5. The molecule has 1 aliphatic heterocycles. The number of furan rings is 1. The minimum absolute atomic E-state index is 0.173. The molecule has 34 heavy (non-hydrogen) atoms. The molecule has 6 unspecified atom stereocenters. The molecule has 2 heterocycles. The van der Waals surface area contributed by atoms with Crippen molar-refractivity contribution in [2.45, 2.75) is 64.4 Å². The summed E-state index contributed by atoms with van der Waals surface area (Å²) >= 11 is 6.25. The summed E-state index contributed by atoms with van der Waals surface area (Å²) in [5, 5.41) is 22.9. The number of Topliss-reactive ketones (excluding diaryl/α,β-unsaturated/α-hetero) is 1. The smallest absolute Gasteiger partial charge is 0.304 e. The molecule has 6 atom stereocenters. The Kier molecular flexibility index (Phi) is 6.33. The van der Waals surface area contributed by atoms with Gasteiger partial charge in [0.15, 0.2) is 5.76 Å². The first-order valence-electron chi connectivity index (χ1n) is 11.2. The van der Waals surface area contributed by atoms with Gasteiger partial charge in [-0.25, -0.2) is 0 Å². The van der Waals surface area contributed by atoms with E-state index >= 15 is 0 Å². The first-order valence-corrected chi connectivity index (χ1v) is 11.8. The number of ether oxygens (including phenoxy) is 3. The first-order chi connectivity index (χ1) is 16.0. The van der Waals surface area contributed by atoms with Crippen molar-refractivity contribution in [1.82, 2.24) is 0 Å². The Hall–Kier alpha value is -2.36. The summed E-state index contributed by atoms with van der Waals surface area (Å²) < 4.78 is 22.4. The van der Waals surface area contributed by atoms with E-state index in [0.717, 1.165) is 0 Å². The van der Waals surface area contributed by atoms with Gasteiger partial charge in [-0.05, 0) is 43.7 Å². The number of halogens is 1. The number of aliphatic hydroxyl groups excluding tert-OH is 1. The molecule has 10 heteroatoms. The van der Waals surface area contributed by atoms with Crippen LogP contribution in [0.25, 0.3) is 0 Å². The third-order valence-corrected chi connectivity index (χ3v) is 8.39. The molecule has 4 rings (SSSR count). The lowest BCUT2D eigenvalue weighted by Gasteiger charge is -2.60. The fourth-order valence-corrected chi connectivity index (χ4v) is 6.69. The summed E-state index contributed by atoms with van der Waals surface area (Å²) in [6, 6.07) is 1.73. The summed E-state index contributed by atoms with van der Waals surface area (Å²) in [5.74, 6) is -3.57. The first kappa shape index (κ1) is 24.8. The third-order valence-electron chi connectivity index (χ3n) is 7.95. The second-order valence-electron chi connectivity index (χ2n) is 9.53. The molecule has 0 radical (unpaired) electrons. The summed E-state index contributed by atoms with van der Waals surface area (Å²) in [6.07, 6.45) is 2.62. The third kappa shape index (κ3) is 3.39. The molecule has 2 N–H and O–H groups in total. The molecule has 1 aromatic rings. The van der Waals surface area contributed by atoms with Gasteiger partial charge in [-0.3, -0.25) is 14.4 Å². The lowest BCUT2D eigenvalue weighted by atomic mass is 9.44. The summed E-state index contributed by atoms with van der Waals surface area (Å²) in [7, 11) is 0. The average Bonchev–Trinajstić information content (AvgIpc) is 3.44. The molecule has 0 amide bonds. The van der Waals surface area contributed by atoms with Gasteiger partial charge in [0, 0.05) is 19.4 Å². The number of hydrogen-bond acceptors (Lipinski definition) is 9. The lowest BCUT2D eigenvalue weighted by molar-refractivity contribution is -0.228. The number of esters is 2. The quantitative estimate of drug-likeness (QED) is 0.465. The molecule has 9 nitrogen and oxygen atoms in total. The molecule has 1 aromatic heterocycles. The molecular weight excluding hydrogens is 468 g/mol. The van der Waals surface area contributed by atoms with Gasteiger partial charge in [0.25, 0.3) is 0 Å². The van der Waals surface area contributed by atoms with Crippen molar-refractivity contribution in [2.24, 2.45) is 16.7 Å². The molecule has 2 aliphatic carbocycles. The Balaban J connectivity index is 1.96. The van der Waals surface area contributed by atoms with Gasteiger partial charge in [-0.2, -0.15) is 0 Å². The molecule has 1 spiro atoms. The van der Waals surface area contributed by atoms with E-state index in [1.54, 1.807) is 13.0 Å². The zero-order valence-corrected chi connectivity index (χ0v) is 20.1. The fourth-order valence-electron chi connectivity index (χ4n) is 6.32. The van der Waals surface area contributed by atoms with Crippen LogP contribution in [-0.2, 0) is 28.6 Å². The van der Waals surface area contributed by atoms with Gasteiger partial charge in [-0.15, -0.1) is 11.6 Å². The van der Waals surface area contributed by atoms with Crippen LogP contribution in [-0.4, -0.2) is 52.3 Å². The molecule has 2 fully saturated rings. The second kappa shape index (κ2) is 8.70. The number of carbonyl (C=O) groups excluding carboxylic acids is 3. The van der Waals surface area contributed by atoms with Crippen molar-refractivity contribution in [3.05, 3.63) is 35.5 Å². The predicted molar refractivity (Wildman–Crippen MR) is 118 cm³/mol. The van der Waals surface area contributed by atoms with E-state index in [-0.39, 0.29) is 18.7 Å². The summed E-state index contributed by atoms with van der Waals surface area (Å²) in [4.78, 5) is 37.7. The van der Waals surface area contributed by atoms with Crippen LogP contribution in [0.4, 0.5) is 0 Å². The highest BCUT2D eigenvalue weighted by molar-refractivity contribution is 6.19. The fraction of sp³-hybridized carbons (Fsp3) is 0.625. The SMILES string of the molecule is CC(=O)OCC12C(=O)C(O)=C(C)C3(CC(c4ccoc4)OC3OC(C)=O)C1CCCC2(O)CCl. The van der Waals surface area contributed by atoms with Crippen LogP contribution in [0.5, 0.6) is 0 Å². The van der Waals surface area contributed by atoms with Crippen molar-refractivity contribution in [3.8, 4) is 0 Å². The maximum Gasteiger partial charge on any atom is 0.304 e. The highest BCUT2D eigenvalue weighted by Crippen LogP contribution is 2.67. The zero-order chi connectivity index (χ0) is 24.9. The highest BCUT2D eigenvalue weighted by atomic mass is 35.5. The molecule has 3 aliphatic rings. The number of hydrogen-bond donors (Lipinski definition) is 2. The van der Waals surface area contributed by atoms with E-state index in [0.29, 0.717) is 24.0 Å². The van der Waals surface area contributed by atoms with Gasteiger partial charge in [-0.1, -0.05) is 6.42 Å². The zero-order valence-electron chi connectivity index (χ0n) is 19.3. The maximum absolute atomic E-state index is 13.8. The van der Waals surface area contributed by atoms with Crippen molar-refractivity contribution < 1.29 is 43.2 Å². The lowest BCUT2D eigenvalue weighted by Crippen LogP contribution is -2.70. The average molecular weight is 497 g/mol. The number of carbonyl (C=O) groups is 3. The molecular formula is C24H29ClO9. The van der Waals surface area contributed by atoms with E-state index in [9.17, 15) is 24.6 Å². The number of aliphatic hydroxyl groups is 2. The highest BCUT2D eigenvalue weighted by Gasteiger charge is 2.74. The number of fused-ring (bicyclic) bond motifs is 2. The minimum atomic E-state index is -1.78. The Morgan fingerprint density at radius 3 is 2.62 bits per heavy atom. The molecule has 186 valence electrons. The van der Waals surface area contributed by atoms with Crippen LogP contribution in [0, 0.1) is 16.7 Å². The predicted octanol–water partition coefficient (Wildman–Crippen LogP) is 3.35. The Bertz CT molecular complexity index is 1020. The van der Waals surface area contributed by atoms with Crippen molar-refractivity contribution in [2.75, 3.05) is 12.5 Å². The summed E-state index contributed by atoms with van der Waals surface area (Å²) in [5.41, 5.74) is -3.72. The van der Waals surface area contributed by atoms with Gasteiger partial charge in [0.2, 0.25) is 12.1 Å². The van der Waals surface area contributed by atoms with Crippen LogP contribution in [0.2, 0.25) is 0 Å². The Labute approximate surface area is 202 Å².